The third kappa shape index (κ3) is 2.00. The summed E-state index contributed by atoms with van der Waals surface area (Å²) in [5.41, 5.74) is 0. The normalized spacial score (nSPS) is 32.7. The first-order valence-corrected chi connectivity index (χ1v) is 3.84. The first kappa shape index (κ1) is 9.00. The molecule has 9 heavy (non-hydrogen) atoms. The molecule has 0 aromatic carbocycles. The van der Waals surface area contributed by atoms with Crippen LogP contribution in [-0.2, 0) is 0 Å². The second-order valence-electron chi connectivity index (χ2n) is 3.10. The summed E-state index contributed by atoms with van der Waals surface area (Å²) < 4.78 is 0. The quantitative estimate of drug-likeness (QED) is 0.534. The Hall–Kier alpha value is 0. The monoisotopic (exact) mass is 128 g/mol. The van der Waals surface area contributed by atoms with Crippen molar-refractivity contribution < 1.29 is 0 Å². The van der Waals surface area contributed by atoms with E-state index in [1.54, 1.807) is 0 Å². The Morgan fingerprint density at radius 2 is 2.00 bits per heavy atom. The zero-order valence-corrected chi connectivity index (χ0v) is 5.98. The third-order valence-corrected chi connectivity index (χ3v) is 2.46. The fourth-order valence-electron chi connectivity index (χ4n) is 1.54. The van der Waals surface area contributed by atoms with Gasteiger partial charge in [0.1, 0.15) is 0 Å². The number of hydrogen-bond donors (Lipinski definition) is 0. The maximum atomic E-state index is 2.38. The summed E-state index contributed by atoms with van der Waals surface area (Å²) in [5.74, 6) is 2.15. The average molecular weight is 128 g/mol. The van der Waals surface area contributed by atoms with Crippen molar-refractivity contribution >= 4 is 0 Å². The van der Waals surface area contributed by atoms with Gasteiger partial charge in [0.15, 0.2) is 0 Å². The molecule has 2 unspecified atom stereocenters. The first-order chi connectivity index (χ1) is 3.84. The molecule has 0 aromatic rings. The Morgan fingerprint density at radius 3 is 2.11 bits per heavy atom. The van der Waals surface area contributed by atoms with Crippen LogP contribution in [0.1, 0.15) is 47.0 Å². The molecule has 0 nitrogen and oxygen atoms in total. The summed E-state index contributed by atoms with van der Waals surface area (Å²) in [6.45, 7) is 4.66. The van der Waals surface area contributed by atoms with E-state index in [0.717, 1.165) is 11.8 Å². The number of rotatable bonds is 2. The number of hydrogen-bond acceptors (Lipinski definition) is 0. The molecular weight excluding hydrogens is 108 g/mol. The smallest absolute Gasteiger partial charge is 0.0388 e. The van der Waals surface area contributed by atoms with Gasteiger partial charge in [-0.25, -0.2) is 0 Å². The van der Waals surface area contributed by atoms with Gasteiger partial charge in [0.2, 0.25) is 0 Å². The molecule has 1 fully saturated rings. The summed E-state index contributed by atoms with van der Waals surface area (Å²) >= 11 is 0. The highest BCUT2D eigenvalue weighted by molar-refractivity contribution is 4.76. The summed E-state index contributed by atoms with van der Waals surface area (Å²) in [6, 6.07) is 0. The minimum Gasteiger partial charge on any atom is -0.0776 e. The Morgan fingerprint density at radius 1 is 1.33 bits per heavy atom. The molecular formula is C9H20. The van der Waals surface area contributed by atoms with Crippen LogP contribution < -0.4 is 0 Å². The standard InChI is InChI=1S/C8H16.CH4/c1-3-4-8-6-5-7(8)2;/h7-8H,3-6H2,1-2H3;1H4. The predicted octanol–water partition coefficient (Wildman–Crippen LogP) is 3.47. The molecule has 1 aliphatic carbocycles. The van der Waals surface area contributed by atoms with Gasteiger partial charge >= 0.3 is 0 Å². The minimum atomic E-state index is 0. The van der Waals surface area contributed by atoms with Gasteiger partial charge in [0.05, 0.1) is 0 Å². The van der Waals surface area contributed by atoms with Crippen molar-refractivity contribution in [3.63, 3.8) is 0 Å². The molecule has 1 saturated carbocycles. The summed E-state index contributed by atoms with van der Waals surface area (Å²) in [5, 5.41) is 0. The minimum absolute atomic E-state index is 0. The van der Waals surface area contributed by atoms with E-state index in [1.807, 2.05) is 0 Å². The van der Waals surface area contributed by atoms with Crippen LogP contribution >= 0.6 is 0 Å². The van der Waals surface area contributed by atoms with E-state index >= 15 is 0 Å². The van der Waals surface area contributed by atoms with Crippen molar-refractivity contribution in [3.8, 4) is 0 Å². The van der Waals surface area contributed by atoms with E-state index in [0.29, 0.717) is 0 Å². The van der Waals surface area contributed by atoms with Crippen LogP contribution in [0.3, 0.4) is 0 Å². The Balaban J connectivity index is 0.000000640. The van der Waals surface area contributed by atoms with Crippen molar-refractivity contribution in [1.29, 1.82) is 0 Å². The zero-order valence-electron chi connectivity index (χ0n) is 5.98. The topological polar surface area (TPSA) is 0 Å². The third-order valence-electron chi connectivity index (χ3n) is 2.46. The maximum Gasteiger partial charge on any atom is -0.0388 e. The van der Waals surface area contributed by atoms with E-state index in [1.165, 1.54) is 25.7 Å². The molecule has 0 heteroatoms. The van der Waals surface area contributed by atoms with Crippen LogP contribution in [0.4, 0.5) is 0 Å². The Kier molecular flexibility index (Phi) is 3.92. The van der Waals surface area contributed by atoms with E-state index in [2.05, 4.69) is 13.8 Å². The molecule has 0 aliphatic heterocycles. The van der Waals surface area contributed by atoms with Gasteiger partial charge in [-0.05, 0) is 18.3 Å². The molecule has 2 atom stereocenters. The van der Waals surface area contributed by atoms with E-state index < -0.39 is 0 Å². The highest BCUT2D eigenvalue weighted by Crippen LogP contribution is 2.36. The van der Waals surface area contributed by atoms with Crippen molar-refractivity contribution in [1.82, 2.24) is 0 Å². The molecule has 0 bridgehead atoms. The van der Waals surface area contributed by atoms with Crippen LogP contribution in [0.2, 0.25) is 0 Å². The fourth-order valence-corrected chi connectivity index (χ4v) is 1.54. The van der Waals surface area contributed by atoms with Crippen molar-refractivity contribution in [2.75, 3.05) is 0 Å². The largest absolute Gasteiger partial charge is 0.0776 e. The summed E-state index contributed by atoms with van der Waals surface area (Å²) in [4.78, 5) is 0. The molecule has 0 N–H and O–H groups in total. The zero-order chi connectivity index (χ0) is 5.98. The van der Waals surface area contributed by atoms with Crippen LogP contribution in [0.25, 0.3) is 0 Å². The fraction of sp³-hybridized carbons (Fsp3) is 1.00. The Labute approximate surface area is 59.7 Å². The van der Waals surface area contributed by atoms with Gasteiger partial charge in [-0.2, -0.15) is 0 Å². The van der Waals surface area contributed by atoms with Gasteiger partial charge in [0, 0.05) is 0 Å². The molecule has 0 heterocycles. The van der Waals surface area contributed by atoms with Gasteiger partial charge in [-0.15, -0.1) is 0 Å². The Bertz CT molecular complexity index is 66.4. The maximum absolute atomic E-state index is 2.38. The van der Waals surface area contributed by atoms with Gasteiger partial charge in [0.25, 0.3) is 0 Å². The summed E-state index contributed by atoms with van der Waals surface area (Å²) in [6.07, 6.45) is 5.86. The molecule has 1 aliphatic rings. The van der Waals surface area contributed by atoms with E-state index in [-0.39, 0.29) is 7.43 Å². The second-order valence-corrected chi connectivity index (χ2v) is 3.10. The first-order valence-electron chi connectivity index (χ1n) is 3.84. The molecule has 56 valence electrons. The second kappa shape index (κ2) is 3.92. The SMILES string of the molecule is C.CCCC1CCC1C. The van der Waals surface area contributed by atoms with Crippen molar-refractivity contribution in [2.45, 2.75) is 47.0 Å². The van der Waals surface area contributed by atoms with Crippen LogP contribution in [-0.4, -0.2) is 0 Å². The lowest BCUT2D eigenvalue weighted by molar-refractivity contribution is 0.182. The van der Waals surface area contributed by atoms with Gasteiger partial charge in [-0.1, -0.05) is 40.5 Å². The summed E-state index contributed by atoms with van der Waals surface area (Å²) in [7, 11) is 0. The van der Waals surface area contributed by atoms with Crippen molar-refractivity contribution in [3.05, 3.63) is 0 Å². The van der Waals surface area contributed by atoms with Gasteiger partial charge in [-0.3, -0.25) is 0 Å². The van der Waals surface area contributed by atoms with Crippen LogP contribution in [0, 0.1) is 11.8 Å². The molecule has 0 saturated heterocycles. The molecule has 0 aromatic heterocycles. The lowest BCUT2D eigenvalue weighted by Gasteiger charge is -2.33. The molecule has 1 rings (SSSR count). The molecule has 0 spiro atoms. The van der Waals surface area contributed by atoms with Gasteiger partial charge < -0.3 is 0 Å². The molecule has 0 amide bonds. The van der Waals surface area contributed by atoms with Crippen molar-refractivity contribution in [2.24, 2.45) is 11.8 Å². The van der Waals surface area contributed by atoms with Crippen LogP contribution in [0.15, 0.2) is 0 Å². The lowest BCUT2D eigenvalue weighted by Crippen LogP contribution is -2.22. The van der Waals surface area contributed by atoms with E-state index in [4.69, 9.17) is 0 Å². The lowest BCUT2D eigenvalue weighted by atomic mass is 9.73. The predicted molar refractivity (Wildman–Crippen MR) is 43.5 cm³/mol. The highest BCUT2D eigenvalue weighted by Gasteiger charge is 2.24. The highest BCUT2D eigenvalue weighted by atomic mass is 14.3. The molecule has 0 radical (unpaired) electrons. The van der Waals surface area contributed by atoms with Crippen LogP contribution in [0.5, 0.6) is 0 Å². The average Bonchev–Trinajstić information content (AvgIpc) is 1.79. The van der Waals surface area contributed by atoms with E-state index in [9.17, 15) is 0 Å².